The Hall–Kier alpha value is -2.43. The number of halogens is 1. The van der Waals surface area contributed by atoms with Crippen molar-refractivity contribution in [1.82, 2.24) is 20.2 Å². The first-order chi connectivity index (χ1) is 13.1. The third-order valence-corrected chi connectivity index (χ3v) is 5.70. The third kappa shape index (κ3) is 3.82. The molecule has 1 amide bonds. The van der Waals surface area contributed by atoms with Crippen molar-refractivity contribution in [3.63, 3.8) is 0 Å². The third-order valence-electron chi connectivity index (χ3n) is 3.80. The highest BCUT2D eigenvalue weighted by Gasteiger charge is 2.29. The Morgan fingerprint density at radius 1 is 1.41 bits per heavy atom. The number of hydrogen-bond acceptors (Lipinski definition) is 8. The first kappa shape index (κ1) is 18.0. The highest BCUT2D eigenvalue weighted by Crippen LogP contribution is 2.27. The van der Waals surface area contributed by atoms with E-state index < -0.39 is 6.10 Å². The molecule has 0 spiro atoms. The van der Waals surface area contributed by atoms with E-state index in [9.17, 15) is 4.79 Å². The van der Waals surface area contributed by atoms with E-state index in [-0.39, 0.29) is 5.91 Å². The van der Waals surface area contributed by atoms with Gasteiger partial charge < -0.3 is 10.2 Å². The van der Waals surface area contributed by atoms with Crippen molar-refractivity contribution in [1.29, 1.82) is 0 Å². The van der Waals surface area contributed by atoms with Gasteiger partial charge in [-0.2, -0.15) is 4.68 Å². The zero-order chi connectivity index (χ0) is 18.8. The van der Waals surface area contributed by atoms with Crippen LogP contribution >= 0.6 is 34.7 Å². The zero-order valence-corrected chi connectivity index (χ0v) is 16.4. The van der Waals surface area contributed by atoms with Crippen LogP contribution in [0, 0.1) is 0 Å². The molecule has 0 radical (unpaired) electrons. The topological polar surface area (TPSA) is 94.3 Å². The lowest BCUT2D eigenvalue weighted by Crippen LogP contribution is -2.28. The first-order valence-corrected chi connectivity index (χ1v) is 10.3. The molecule has 1 aliphatic heterocycles. The number of rotatable bonds is 5. The number of oxime groups is 1. The van der Waals surface area contributed by atoms with Gasteiger partial charge in [0, 0.05) is 12.1 Å². The van der Waals surface area contributed by atoms with Crippen molar-refractivity contribution in [3.8, 4) is 5.69 Å². The lowest BCUT2D eigenvalue weighted by Gasteiger charge is -2.10. The Morgan fingerprint density at radius 3 is 3.07 bits per heavy atom. The average molecular weight is 421 g/mol. The maximum absolute atomic E-state index is 12.5. The van der Waals surface area contributed by atoms with Crippen LogP contribution in [0.4, 0.5) is 5.69 Å². The highest BCUT2D eigenvalue weighted by molar-refractivity contribution is 7.98. The normalized spacial score (nSPS) is 16.1. The molecule has 4 rings (SSSR count). The summed E-state index contributed by atoms with van der Waals surface area (Å²) >= 11 is 8.79. The molecule has 1 aliphatic rings. The van der Waals surface area contributed by atoms with Gasteiger partial charge in [-0.25, -0.2) is 0 Å². The molecule has 3 aromatic rings. The van der Waals surface area contributed by atoms with Crippen LogP contribution in [0.15, 0.2) is 46.7 Å². The molecule has 1 atom stereocenters. The van der Waals surface area contributed by atoms with E-state index in [4.69, 9.17) is 16.4 Å². The summed E-state index contributed by atoms with van der Waals surface area (Å²) in [7, 11) is 0. The van der Waals surface area contributed by atoms with Crippen LogP contribution in [0.3, 0.4) is 0 Å². The number of nitrogens with one attached hydrogen (secondary N) is 1. The van der Waals surface area contributed by atoms with E-state index in [1.807, 2.05) is 24.5 Å². The first-order valence-electron chi connectivity index (χ1n) is 7.86. The SMILES string of the molecule is CSc1nnnn1-c1cccc(NC(=O)C2CC(c3ccc(Cl)s3)=NO2)c1. The van der Waals surface area contributed by atoms with Gasteiger partial charge in [0.05, 0.1) is 14.9 Å². The highest BCUT2D eigenvalue weighted by atomic mass is 35.5. The largest absolute Gasteiger partial charge is 0.382 e. The number of nitrogens with zero attached hydrogens (tertiary/aromatic N) is 5. The average Bonchev–Trinajstić information content (AvgIpc) is 3.41. The van der Waals surface area contributed by atoms with E-state index in [0.717, 1.165) is 16.3 Å². The molecule has 11 heteroatoms. The van der Waals surface area contributed by atoms with Gasteiger partial charge in [-0.05, 0) is 47.0 Å². The summed E-state index contributed by atoms with van der Waals surface area (Å²) < 4.78 is 2.28. The molecule has 1 N–H and O–H groups in total. The van der Waals surface area contributed by atoms with E-state index >= 15 is 0 Å². The molecule has 0 aliphatic carbocycles. The molecule has 0 bridgehead atoms. The predicted octanol–water partition coefficient (Wildman–Crippen LogP) is 3.23. The summed E-state index contributed by atoms with van der Waals surface area (Å²) in [4.78, 5) is 18.7. The summed E-state index contributed by atoms with van der Waals surface area (Å²) in [5.74, 6) is -0.268. The van der Waals surface area contributed by atoms with Gasteiger partial charge in [0.15, 0.2) is 0 Å². The Kier molecular flexibility index (Phi) is 5.10. The maximum atomic E-state index is 12.5. The number of anilines is 1. The minimum Gasteiger partial charge on any atom is -0.382 e. The van der Waals surface area contributed by atoms with Crippen LogP contribution in [0.25, 0.3) is 5.69 Å². The number of thioether (sulfide) groups is 1. The van der Waals surface area contributed by atoms with Crippen molar-refractivity contribution in [2.45, 2.75) is 17.7 Å². The summed E-state index contributed by atoms with van der Waals surface area (Å²) in [6.07, 6.45) is 1.61. The van der Waals surface area contributed by atoms with Crippen molar-refractivity contribution in [2.24, 2.45) is 5.16 Å². The Balaban J connectivity index is 1.44. The molecule has 3 heterocycles. The Bertz CT molecular complexity index is 1020. The molecular formula is C16H13ClN6O2S2. The second kappa shape index (κ2) is 7.67. The van der Waals surface area contributed by atoms with E-state index in [1.165, 1.54) is 23.1 Å². The molecule has 1 unspecified atom stereocenters. The van der Waals surface area contributed by atoms with E-state index in [0.29, 0.717) is 21.6 Å². The fraction of sp³-hybridized carbons (Fsp3) is 0.188. The van der Waals surface area contributed by atoms with Crippen LogP contribution in [0.1, 0.15) is 11.3 Å². The van der Waals surface area contributed by atoms with Crippen molar-refractivity contribution < 1.29 is 9.63 Å². The lowest BCUT2D eigenvalue weighted by molar-refractivity contribution is -0.125. The van der Waals surface area contributed by atoms with Crippen molar-refractivity contribution in [3.05, 3.63) is 45.6 Å². The molecule has 0 saturated carbocycles. The van der Waals surface area contributed by atoms with Crippen LogP contribution in [0.2, 0.25) is 4.34 Å². The molecule has 0 saturated heterocycles. The maximum Gasteiger partial charge on any atom is 0.268 e. The lowest BCUT2D eigenvalue weighted by atomic mass is 10.1. The fourth-order valence-electron chi connectivity index (χ4n) is 2.54. The number of thiophene rings is 1. The minimum atomic E-state index is -0.681. The number of carbonyl (C=O) groups excluding carboxylic acids is 1. The number of carbonyl (C=O) groups is 1. The van der Waals surface area contributed by atoms with Crippen LogP contribution in [0.5, 0.6) is 0 Å². The summed E-state index contributed by atoms with van der Waals surface area (Å²) in [6, 6.07) is 10.9. The van der Waals surface area contributed by atoms with Crippen LogP contribution in [-0.4, -0.2) is 44.2 Å². The number of aromatic nitrogens is 4. The van der Waals surface area contributed by atoms with Crippen LogP contribution < -0.4 is 5.32 Å². The summed E-state index contributed by atoms with van der Waals surface area (Å²) in [5.41, 5.74) is 2.09. The van der Waals surface area contributed by atoms with Gasteiger partial charge in [-0.1, -0.05) is 34.6 Å². The van der Waals surface area contributed by atoms with Gasteiger partial charge in [-0.15, -0.1) is 16.4 Å². The predicted molar refractivity (Wildman–Crippen MR) is 105 cm³/mol. The quantitative estimate of drug-likeness (QED) is 0.637. The number of benzene rings is 1. The molecule has 0 fully saturated rings. The van der Waals surface area contributed by atoms with E-state index in [2.05, 4.69) is 26.0 Å². The molecule has 2 aromatic heterocycles. The second-order valence-corrected chi connectivity index (χ2v) is 8.05. The van der Waals surface area contributed by atoms with E-state index in [1.54, 1.807) is 22.9 Å². The Morgan fingerprint density at radius 2 is 2.30 bits per heavy atom. The van der Waals surface area contributed by atoms with Gasteiger partial charge in [0.25, 0.3) is 5.91 Å². The van der Waals surface area contributed by atoms with Gasteiger partial charge >= 0.3 is 0 Å². The summed E-state index contributed by atoms with van der Waals surface area (Å²) in [6.45, 7) is 0. The zero-order valence-electron chi connectivity index (χ0n) is 14.0. The molecule has 27 heavy (non-hydrogen) atoms. The fourth-order valence-corrected chi connectivity index (χ4v) is 4.01. The standard InChI is InChI=1S/C16H13ClN6O2S2/c1-26-16-19-21-22-23(16)10-4-2-3-9(7-10)18-15(24)12-8-11(20-25-12)13-5-6-14(17)27-13/h2-7,12H,8H2,1H3,(H,18,24). The van der Waals surface area contributed by atoms with Gasteiger partial charge in [-0.3, -0.25) is 4.79 Å². The minimum absolute atomic E-state index is 0.268. The monoisotopic (exact) mass is 420 g/mol. The van der Waals surface area contributed by atoms with Crippen LogP contribution in [-0.2, 0) is 9.63 Å². The molecule has 138 valence electrons. The van der Waals surface area contributed by atoms with Crippen molar-refractivity contribution in [2.75, 3.05) is 11.6 Å². The summed E-state index contributed by atoms with van der Waals surface area (Å²) in [5, 5.41) is 19.1. The molecule has 1 aromatic carbocycles. The van der Waals surface area contributed by atoms with Crippen molar-refractivity contribution >= 4 is 52.0 Å². The van der Waals surface area contributed by atoms with Gasteiger partial charge in [0.2, 0.25) is 11.3 Å². The molecular weight excluding hydrogens is 408 g/mol. The smallest absolute Gasteiger partial charge is 0.268 e. The number of tetrazole rings is 1. The van der Waals surface area contributed by atoms with Gasteiger partial charge in [0.1, 0.15) is 5.71 Å². The Labute approximate surface area is 167 Å². The second-order valence-electron chi connectivity index (χ2n) is 5.56. The number of amides is 1. The number of hydrogen-bond donors (Lipinski definition) is 1. The molecule has 8 nitrogen and oxygen atoms in total.